The summed E-state index contributed by atoms with van der Waals surface area (Å²) in [5, 5.41) is 6.27. The van der Waals surface area contributed by atoms with Gasteiger partial charge in [0.2, 0.25) is 5.91 Å². The maximum Gasteiger partial charge on any atom is 0.220 e. The molecule has 0 unspecified atom stereocenters. The lowest BCUT2D eigenvalue weighted by molar-refractivity contribution is -0.121. The normalized spacial score (nSPS) is 14.7. The molecule has 0 bridgehead atoms. The molecule has 1 aliphatic rings. The Labute approximate surface area is 161 Å². The summed E-state index contributed by atoms with van der Waals surface area (Å²) in [6.07, 6.45) is 5.64. The van der Waals surface area contributed by atoms with Crippen LogP contribution in [0.4, 0.5) is 0 Å². The topological polar surface area (TPSA) is 82.7 Å². The van der Waals surface area contributed by atoms with Crippen molar-refractivity contribution in [1.29, 1.82) is 0 Å². The van der Waals surface area contributed by atoms with Crippen molar-refractivity contribution in [1.82, 2.24) is 25.6 Å². The van der Waals surface area contributed by atoms with E-state index in [1.54, 1.807) is 6.20 Å². The number of pyridine rings is 1. The summed E-state index contributed by atoms with van der Waals surface area (Å²) in [6, 6.07) is 1.93. The van der Waals surface area contributed by atoms with Crippen LogP contribution < -0.4 is 10.6 Å². The van der Waals surface area contributed by atoms with Crippen molar-refractivity contribution >= 4 is 57.8 Å². The minimum atomic E-state index is 0. The van der Waals surface area contributed by atoms with E-state index in [-0.39, 0.29) is 30.7 Å². The third kappa shape index (κ3) is 5.88. The van der Waals surface area contributed by atoms with Gasteiger partial charge >= 0.3 is 0 Å². The molecule has 0 radical (unpaired) electrons. The lowest BCUT2D eigenvalue weighted by atomic mass is 9.93. The third-order valence-electron chi connectivity index (χ3n) is 4.04. The molecule has 2 aromatic heterocycles. The predicted octanol–water partition coefficient (Wildman–Crippen LogP) is 2.96. The van der Waals surface area contributed by atoms with Crippen molar-refractivity contribution in [2.24, 2.45) is 5.92 Å². The maximum absolute atomic E-state index is 11.9. The second kappa shape index (κ2) is 10.2. The van der Waals surface area contributed by atoms with E-state index in [1.807, 2.05) is 6.07 Å². The highest BCUT2D eigenvalue weighted by atomic mass is 79.9. The standard InChI is InChI=1S/C15H20BrN5O.2ClH/c16-11-7-12-15(19-8-11)21-13(20-12)9-18-14(22)2-1-10-3-5-17-6-4-10;;/h7-8,10,17H,1-6,9H2,(H,18,22)(H,19,20,21);2*1H. The summed E-state index contributed by atoms with van der Waals surface area (Å²) in [5.41, 5.74) is 1.54. The van der Waals surface area contributed by atoms with Crippen LogP contribution in [0.3, 0.4) is 0 Å². The Morgan fingerprint density at radius 1 is 1.33 bits per heavy atom. The van der Waals surface area contributed by atoms with Crippen LogP contribution in [0.2, 0.25) is 0 Å². The molecule has 9 heteroatoms. The highest BCUT2D eigenvalue weighted by molar-refractivity contribution is 9.10. The van der Waals surface area contributed by atoms with Crippen LogP contribution in [0.25, 0.3) is 11.2 Å². The van der Waals surface area contributed by atoms with Crippen molar-refractivity contribution in [3.63, 3.8) is 0 Å². The molecule has 0 spiro atoms. The van der Waals surface area contributed by atoms with Gasteiger partial charge in [-0.3, -0.25) is 4.79 Å². The fourth-order valence-corrected chi connectivity index (χ4v) is 3.12. The molecular formula is C15H22BrCl2N5O. The Bertz CT molecular complexity index is 660. The minimum absolute atomic E-state index is 0. The number of piperidine rings is 1. The van der Waals surface area contributed by atoms with E-state index >= 15 is 0 Å². The Kier molecular flexibility index (Phi) is 8.97. The molecule has 0 atom stereocenters. The third-order valence-corrected chi connectivity index (χ3v) is 4.48. The highest BCUT2D eigenvalue weighted by Crippen LogP contribution is 2.18. The summed E-state index contributed by atoms with van der Waals surface area (Å²) in [6.45, 7) is 2.57. The van der Waals surface area contributed by atoms with E-state index in [2.05, 4.69) is 41.5 Å². The zero-order chi connectivity index (χ0) is 15.4. The second-order valence-corrected chi connectivity index (χ2v) is 6.63. The lowest BCUT2D eigenvalue weighted by Gasteiger charge is -2.22. The fraction of sp³-hybridized carbons (Fsp3) is 0.533. The lowest BCUT2D eigenvalue weighted by Crippen LogP contribution is -2.29. The first-order valence-electron chi connectivity index (χ1n) is 7.68. The molecule has 0 aliphatic carbocycles. The smallest absolute Gasteiger partial charge is 0.220 e. The molecule has 6 nitrogen and oxygen atoms in total. The van der Waals surface area contributed by atoms with Gasteiger partial charge < -0.3 is 15.6 Å². The van der Waals surface area contributed by atoms with E-state index in [9.17, 15) is 4.79 Å². The number of carbonyl (C=O) groups excluding carboxylic acids is 1. The molecule has 1 saturated heterocycles. The van der Waals surface area contributed by atoms with E-state index in [0.29, 0.717) is 24.5 Å². The van der Waals surface area contributed by atoms with Crippen LogP contribution in [-0.2, 0) is 11.3 Å². The van der Waals surface area contributed by atoms with Crippen LogP contribution in [0, 0.1) is 5.92 Å². The number of H-pyrrole nitrogens is 1. The van der Waals surface area contributed by atoms with Crippen molar-refractivity contribution in [2.75, 3.05) is 13.1 Å². The van der Waals surface area contributed by atoms with Crippen LogP contribution in [0.1, 0.15) is 31.5 Å². The van der Waals surface area contributed by atoms with Crippen LogP contribution in [-0.4, -0.2) is 33.9 Å². The SMILES string of the molecule is Cl.Cl.O=C(CCC1CCNCC1)NCc1nc2ncc(Br)cc2[nH]1. The van der Waals surface area contributed by atoms with Gasteiger partial charge in [0, 0.05) is 17.1 Å². The van der Waals surface area contributed by atoms with E-state index in [0.717, 1.165) is 35.3 Å². The molecule has 1 aliphatic heterocycles. The Morgan fingerprint density at radius 2 is 2.08 bits per heavy atom. The Balaban J connectivity index is 0.00000144. The summed E-state index contributed by atoms with van der Waals surface area (Å²) in [7, 11) is 0. The summed E-state index contributed by atoms with van der Waals surface area (Å²) < 4.78 is 0.904. The number of hydrogen-bond donors (Lipinski definition) is 3. The first-order chi connectivity index (χ1) is 10.7. The van der Waals surface area contributed by atoms with Gasteiger partial charge in [0.05, 0.1) is 12.1 Å². The van der Waals surface area contributed by atoms with Crippen LogP contribution in [0.5, 0.6) is 0 Å². The molecule has 3 heterocycles. The van der Waals surface area contributed by atoms with Crippen molar-refractivity contribution < 1.29 is 4.79 Å². The number of hydrogen-bond acceptors (Lipinski definition) is 4. The van der Waals surface area contributed by atoms with E-state index in [4.69, 9.17) is 0 Å². The summed E-state index contributed by atoms with van der Waals surface area (Å²) >= 11 is 3.38. The maximum atomic E-state index is 11.9. The molecule has 1 amide bonds. The van der Waals surface area contributed by atoms with Gasteiger partial charge in [0.25, 0.3) is 0 Å². The average Bonchev–Trinajstić information content (AvgIpc) is 2.94. The number of rotatable bonds is 5. The average molecular weight is 439 g/mol. The van der Waals surface area contributed by atoms with Gasteiger partial charge in [-0.05, 0) is 60.3 Å². The fourth-order valence-electron chi connectivity index (χ4n) is 2.78. The Morgan fingerprint density at radius 3 is 2.83 bits per heavy atom. The first kappa shape index (κ1) is 21.2. The number of aromatic nitrogens is 3. The Hall–Kier alpha value is -0.890. The molecule has 134 valence electrons. The molecular weight excluding hydrogens is 417 g/mol. The zero-order valence-electron chi connectivity index (χ0n) is 13.2. The van der Waals surface area contributed by atoms with Gasteiger partial charge in [0.1, 0.15) is 5.82 Å². The molecule has 1 fully saturated rings. The molecule has 2 aromatic rings. The summed E-state index contributed by atoms with van der Waals surface area (Å²) in [5.74, 6) is 1.50. The highest BCUT2D eigenvalue weighted by Gasteiger charge is 2.14. The van der Waals surface area contributed by atoms with E-state index in [1.165, 1.54) is 12.8 Å². The number of aromatic amines is 1. The van der Waals surface area contributed by atoms with Crippen LogP contribution >= 0.6 is 40.7 Å². The molecule has 0 aromatic carbocycles. The second-order valence-electron chi connectivity index (χ2n) is 5.72. The first-order valence-corrected chi connectivity index (χ1v) is 8.47. The van der Waals surface area contributed by atoms with Gasteiger partial charge in [0.15, 0.2) is 5.65 Å². The number of fused-ring (bicyclic) bond motifs is 1. The van der Waals surface area contributed by atoms with Crippen molar-refractivity contribution in [2.45, 2.75) is 32.2 Å². The van der Waals surface area contributed by atoms with Gasteiger partial charge in [-0.1, -0.05) is 0 Å². The number of nitrogens with zero attached hydrogens (tertiary/aromatic N) is 2. The monoisotopic (exact) mass is 437 g/mol. The van der Waals surface area contributed by atoms with Gasteiger partial charge in [-0.15, -0.1) is 24.8 Å². The molecule has 24 heavy (non-hydrogen) atoms. The van der Waals surface area contributed by atoms with E-state index < -0.39 is 0 Å². The van der Waals surface area contributed by atoms with Crippen molar-refractivity contribution in [3.05, 3.63) is 22.6 Å². The molecule has 3 N–H and O–H groups in total. The molecule has 0 saturated carbocycles. The predicted molar refractivity (Wildman–Crippen MR) is 103 cm³/mol. The number of amides is 1. The molecule has 3 rings (SSSR count). The van der Waals surface area contributed by atoms with Gasteiger partial charge in [-0.25, -0.2) is 9.97 Å². The quantitative estimate of drug-likeness (QED) is 0.670. The largest absolute Gasteiger partial charge is 0.349 e. The number of halogens is 3. The number of carbonyl (C=O) groups is 1. The van der Waals surface area contributed by atoms with Gasteiger partial charge in [-0.2, -0.15) is 0 Å². The minimum Gasteiger partial charge on any atom is -0.349 e. The van der Waals surface area contributed by atoms with Crippen molar-refractivity contribution in [3.8, 4) is 0 Å². The summed E-state index contributed by atoms with van der Waals surface area (Å²) in [4.78, 5) is 23.7. The van der Waals surface area contributed by atoms with Crippen LogP contribution in [0.15, 0.2) is 16.7 Å². The zero-order valence-corrected chi connectivity index (χ0v) is 16.4. The number of nitrogens with one attached hydrogen (secondary N) is 3. The number of imidazole rings is 1.